The van der Waals surface area contributed by atoms with Gasteiger partial charge in [-0.15, -0.1) is 0 Å². The minimum absolute atomic E-state index is 0.0658. The number of benzene rings is 4. The first-order chi connectivity index (χ1) is 24.6. The standard InChI is InChI=1S/C38H37Cl3F3N3O4S/c1-25-12-16-30(17-13-25)52(50,51)47(29-15-19-32(39)31(22-29)38(42,43)44)24-36(48)46(23-27-14-18-33(40)34(41)20-27)35(21-26-8-4-2-5-9-26)37(49)45-28-10-6-3-7-11-28/h2,4-5,8-9,12-20,22,28,35H,3,6-7,10-11,21,23-24H2,1H3,(H,45,49)/t35-/m1/s1. The van der Waals surface area contributed by atoms with Crippen molar-refractivity contribution in [2.75, 3.05) is 10.8 Å². The fraction of sp³-hybridized carbons (Fsp3) is 0.316. The van der Waals surface area contributed by atoms with Gasteiger partial charge in [0.05, 0.1) is 31.2 Å². The van der Waals surface area contributed by atoms with Crippen molar-refractivity contribution >= 4 is 62.3 Å². The van der Waals surface area contributed by atoms with E-state index in [1.807, 2.05) is 18.2 Å². The second-order valence-electron chi connectivity index (χ2n) is 12.8. The monoisotopic (exact) mass is 793 g/mol. The van der Waals surface area contributed by atoms with Crippen LogP contribution in [0.1, 0.15) is 54.4 Å². The van der Waals surface area contributed by atoms with E-state index in [0.717, 1.165) is 55.4 Å². The Morgan fingerprint density at radius 2 is 1.48 bits per heavy atom. The molecule has 0 unspecified atom stereocenters. The number of rotatable bonds is 12. The van der Waals surface area contributed by atoms with Crippen LogP contribution < -0.4 is 9.62 Å². The van der Waals surface area contributed by atoms with Crippen molar-refractivity contribution in [2.45, 2.75) is 75.1 Å². The molecule has 7 nitrogen and oxygen atoms in total. The van der Waals surface area contributed by atoms with Crippen molar-refractivity contribution in [3.05, 3.63) is 128 Å². The van der Waals surface area contributed by atoms with Crippen LogP contribution >= 0.6 is 34.8 Å². The highest BCUT2D eigenvalue weighted by atomic mass is 35.5. The molecule has 1 N–H and O–H groups in total. The molecule has 52 heavy (non-hydrogen) atoms. The number of hydrogen-bond acceptors (Lipinski definition) is 4. The van der Waals surface area contributed by atoms with E-state index in [1.54, 1.807) is 31.2 Å². The van der Waals surface area contributed by atoms with Gasteiger partial charge < -0.3 is 10.2 Å². The Bertz CT molecular complexity index is 1990. The first-order valence-electron chi connectivity index (χ1n) is 16.7. The molecule has 0 bridgehead atoms. The molecule has 0 aromatic heterocycles. The molecule has 1 atom stereocenters. The molecule has 2 amide bonds. The fourth-order valence-electron chi connectivity index (χ4n) is 6.18. The third kappa shape index (κ3) is 9.80. The quantitative estimate of drug-likeness (QED) is 0.155. The zero-order valence-corrected chi connectivity index (χ0v) is 31.3. The van der Waals surface area contributed by atoms with E-state index in [-0.39, 0.29) is 33.9 Å². The third-order valence-corrected chi connectivity index (χ3v) is 11.8. The van der Waals surface area contributed by atoms with Crippen LogP contribution in [-0.4, -0.2) is 43.8 Å². The molecule has 0 aliphatic heterocycles. The number of anilines is 1. The second kappa shape index (κ2) is 16.9. The summed E-state index contributed by atoms with van der Waals surface area (Å²) in [6.45, 7) is 0.606. The molecular weight excluding hydrogens is 758 g/mol. The van der Waals surface area contributed by atoms with Crippen molar-refractivity contribution in [3.63, 3.8) is 0 Å². The summed E-state index contributed by atoms with van der Waals surface area (Å²) in [5, 5.41) is 2.92. The lowest BCUT2D eigenvalue weighted by atomic mass is 9.94. The number of halogens is 6. The minimum atomic E-state index is -4.92. The Labute approximate surface area is 316 Å². The Kier molecular flexibility index (Phi) is 12.8. The molecule has 4 aromatic carbocycles. The lowest BCUT2D eigenvalue weighted by Gasteiger charge is -2.35. The maximum Gasteiger partial charge on any atom is 0.417 e. The molecule has 0 spiro atoms. The molecule has 1 aliphatic rings. The van der Waals surface area contributed by atoms with E-state index in [9.17, 15) is 31.2 Å². The van der Waals surface area contributed by atoms with Gasteiger partial charge in [-0.3, -0.25) is 13.9 Å². The molecule has 0 heterocycles. The van der Waals surface area contributed by atoms with Crippen LogP contribution in [0.5, 0.6) is 0 Å². The van der Waals surface area contributed by atoms with E-state index < -0.39 is 56.9 Å². The lowest BCUT2D eigenvalue weighted by molar-refractivity contribution is -0.140. The van der Waals surface area contributed by atoms with Gasteiger partial charge in [-0.2, -0.15) is 13.2 Å². The number of amides is 2. The maximum atomic E-state index is 14.7. The van der Waals surface area contributed by atoms with Crippen molar-refractivity contribution in [3.8, 4) is 0 Å². The predicted octanol–water partition coefficient (Wildman–Crippen LogP) is 9.26. The van der Waals surface area contributed by atoms with Gasteiger partial charge in [0.15, 0.2) is 0 Å². The van der Waals surface area contributed by atoms with Gasteiger partial charge in [0.1, 0.15) is 12.6 Å². The number of carbonyl (C=O) groups is 2. The van der Waals surface area contributed by atoms with E-state index in [1.165, 1.54) is 35.2 Å². The maximum absolute atomic E-state index is 14.7. The molecule has 5 rings (SSSR count). The first-order valence-corrected chi connectivity index (χ1v) is 19.2. The van der Waals surface area contributed by atoms with E-state index in [2.05, 4.69) is 5.32 Å². The summed E-state index contributed by atoms with van der Waals surface area (Å²) in [4.78, 5) is 30.0. The van der Waals surface area contributed by atoms with Crippen molar-refractivity contribution in [2.24, 2.45) is 0 Å². The molecule has 1 saturated carbocycles. The summed E-state index contributed by atoms with van der Waals surface area (Å²) < 4.78 is 71.3. The number of carbonyl (C=O) groups excluding carboxylic acids is 2. The minimum Gasteiger partial charge on any atom is -0.352 e. The van der Waals surface area contributed by atoms with Crippen LogP contribution in [0.3, 0.4) is 0 Å². The highest BCUT2D eigenvalue weighted by Crippen LogP contribution is 2.38. The summed E-state index contributed by atoms with van der Waals surface area (Å²) >= 11 is 18.4. The number of nitrogens with one attached hydrogen (secondary N) is 1. The van der Waals surface area contributed by atoms with Gasteiger partial charge in [0.25, 0.3) is 10.0 Å². The van der Waals surface area contributed by atoms with Gasteiger partial charge in [0, 0.05) is 19.0 Å². The number of hydrogen-bond donors (Lipinski definition) is 1. The van der Waals surface area contributed by atoms with Gasteiger partial charge in [-0.05, 0) is 73.4 Å². The summed E-state index contributed by atoms with van der Waals surface area (Å²) in [6, 6.07) is 20.8. The molecule has 0 saturated heterocycles. The Morgan fingerprint density at radius 1 is 0.827 bits per heavy atom. The first kappa shape index (κ1) is 39.4. The number of nitrogens with zero attached hydrogens (tertiary/aromatic N) is 2. The molecule has 1 fully saturated rings. The highest BCUT2D eigenvalue weighted by Gasteiger charge is 2.38. The second-order valence-corrected chi connectivity index (χ2v) is 15.9. The average Bonchev–Trinajstić information content (AvgIpc) is 3.11. The topological polar surface area (TPSA) is 86.8 Å². The molecule has 4 aromatic rings. The molecule has 1 aliphatic carbocycles. The van der Waals surface area contributed by atoms with Crippen molar-refractivity contribution in [1.29, 1.82) is 0 Å². The third-order valence-electron chi connectivity index (χ3n) is 8.99. The fourth-order valence-corrected chi connectivity index (χ4v) is 8.14. The predicted molar refractivity (Wildman–Crippen MR) is 198 cm³/mol. The van der Waals surface area contributed by atoms with Gasteiger partial charge in [-0.1, -0.05) is 108 Å². The summed E-state index contributed by atoms with van der Waals surface area (Å²) in [5.74, 6) is -1.28. The highest BCUT2D eigenvalue weighted by molar-refractivity contribution is 7.92. The van der Waals surface area contributed by atoms with Gasteiger partial charge in [0.2, 0.25) is 11.8 Å². The van der Waals surface area contributed by atoms with Crippen molar-refractivity contribution in [1.82, 2.24) is 10.2 Å². The molecule has 0 radical (unpaired) electrons. The largest absolute Gasteiger partial charge is 0.417 e. The number of sulfonamides is 1. The SMILES string of the molecule is Cc1ccc(S(=O)(=O)N(CC(=O)N(Cc2ccc(Cl)c(Cl)c2)[C@H](Cc2ccccc2)C(=O)NC2CCCCC2)c2ccc(Cl)c(C(F)(F)F)c2)cc1. The van der Waals surface area contributed by atoms with E-state index >= 15 is 0 Å². The van der Waals surface area contributed by atoms with Crippen LogP contribution in [0, 0.1) is 6.92 Å². The zero-order chi connectivity index (χ0) is 37.6. The van der Waals surface area contributed by atoms with Crippen LogP contribution in [0.2, 0.25) is 15.1 Å². The lowest BCUT2D eigenvalue weighted by Crippen LogP contribution is -2.55. The van der Waals surface area contributed by atoms with Crippen LogP contribution in [0.4, 0.5) is 18.9 Å². The van der Waals surface area contributed by atoms with E-state index in [0.29, 0.717) is 15.9 Å². The summed E-state index contributed by atoms with van der Waals surface area (Å²) in [6.07, 6.45) is -0.394. The van der Waals surface area contributed by atoms with Gasteiger partial charge in [-0.25, -0.2) is 8.42 Å². The molecular formula is C38H37Cl3F3N3O4S. The number of alkyl halides is 3. The van der Waals surface area contributed by atoms with Crippen LogP contribution in [0.25, 0.3) is 0 Å². The van der Waals surface area contributed by atoms with Crippen molar-refractivity contribution < 1.29 is 31.2 Å². The van der Waals surface area contributed by atoms with Gasteiger partial charge >= 0.3 is 6.18 Å². The van der Waals surface area contributed by atoms with E-state index in [4.69, 9.17) is 34.8 Å². The average molecular weight is 795 g/mol. The smallest absolute Gasteiger partial charge is 0.352 e. The Hall–Kier alpha value is -3.77. The summed E-state index contributed by atoms with van der Waals surface area (Å²) in [5.41, 5.74) is 0.254. The zero-order valence-electron chi connectivity index (χ0n) is 28.2. The normalized spacial score (nSPS) is 14.4. The molecule has 276 valence electrons. The molecule has 14 heteroatoms. The Balaban J connectivity index is 1.62. The van der Waals surface area contributed by atoms with Crippen LogP contribution in [0.15, 0.2) is 95.9 Å². The number of aryl methyl sites for hydroxylation is 1. The Morgan fingerprint density at radius 3 is 2.12 bits per heavy atom. The summed E-state index contributed by atoms with van der Waals surface area (Å²) in [7, 11) is -4.65. The van der Waals surface area contributed by atoms with Crippen LogP contribution in [-0.2, 0) is 38.8 Å².